The third-order valence-electron chi connectivity index (χ3n) is 5.98. The lowest BCUT2D eigenvalue weighted by atomic mass is 9.82. The molecule has 2 aliphatic rings. The van der Waals surface area contributed by atoms with Gasteiger partial charge in [-0.1, -0.05) is 17.7 Å². The van der Waals surface area contributed by atoms with Crippen LogP contribution in [-0.4, -0.2) is 43.7 Å². The number of benzene rings is 1. The quantitative estimate of drug-likeness (QED) is 0.725. The second-order valence-electron chi connectivity index (χ2n) is 8.01. The molecule has 0 radical (unpaired) electrons. The lowest BCUT2D eigenvalue weighted by Crippen LogP contribution is -2.49. The van der Waals surface area contributed by atoms with Crippen molar-refractivity contribution in [3.05, 3.63) is 44.6 Å². The van der Waals surface area contributed by atoms with Gasteiger partial charge in [-0.25, -0.2) is 0 Å². The number of ether oxygens (including phenoxy) is 3. The van der Waals surface area contributed by atoms with Crippen molar-refractivity contribution in [2.45, 2.75) is 44.4 Å². The van der Waals surface area contributed by atoms with E-state index in [2.05, 4.69) is 17.9 Å². The summed E-state index contributed by atoms with van der Waals surface area (Å²) in [5, 5.41) is 0. The molecule has 1 aromatic carbocycles. The maximum atomic E-state index is 11.1. The van der Waals surface area contributed by atoms with Gasteiger partial charge in [0.1, 0.15) is 5.60 Å². The molecule has 0 saturated carbocycles. The van der Waals surface area contributed by atoms with Crippen molar-refractivity contribution in [2.24, 2.45) is 5.73 Å². The number of amides is 1. The fraction of sp³-hybridized carbons (Fsp3) is 0.500. The van der Waals surface area contributed by atoms with Crippen LogP contribution in [0.3, 0.4) is 0 Å². The SMILES string of the molecule is COc1ccc(CN2CC[C@]3(C[C@@H]2C)OCCc2cc(Cl)sc23)cc1OCC(N)=O. The molecule has 2 aromatic rings. The Kier molecular flexibility index (Phi) is 6.25. The summed E-state index contributed by atoms with van der Waals surface area (Å²) in [7, 11) is 1.58. The molecule has 3 heterocycles. The first-order valence-corrected chi connectivity index (χ1v) is 11.3. The average molecular weight is 451 g/mol. The van der Waals surface area contributed by atoms with E-state index in [9.17, 15) is 4.79 Å². The molecule has 162 valence electrons. The maximum Gasteiger partial charge on any atom is 0.255 e. The van der Waals surface area contributed by atoms with E-state index in [4.69, 9.17) is 31.5 Å². The fourth-order valence-corrected chi connectivity index (χ4v) is 6.01. The Balaban J connectivity index is 1.47. The van der Waals surface area contributed by atoms with Crippen molar-refractivity contribution in [2.75, 3.05) is 26.9 Å². The van der Waals surface area contributed by atoms with Crippen LogP contribution in [-0.2, 0) is 28.1 Å². The third kappa shape index (κ3) is 4.30. The van der Waals surface area contributed by atoms with Gasteiger partial charge in [-0.05, 0) is 55.5 Å². The summed E-state index contributed by atoms with van der Waals surface area (Å²) >= 11 is 7.98. The Morgan fingerprint density at radius 2 is 2.23 bits per heavy atom. The summed E-state index contributed by atoms with van der Waals surface area (Å²) in [6, 6.07) is 8.27. The largest absolute Gasteiger partial charge is 0.493 e. The summed E-state index contributed by atoms with van der Waals surface area (Å²) < 4.78 is 18.1. The maximum absolute atomic E-state index is 11.1. The topological polar surface area (TPSA) is 74.0 Å². The summed E-state index contributed by atoms with van der Waals surface area (Å²) in [6.07, 6.45) is 2.83. The first kappa shape index (κ1) is 21.4. The molecule has 1 spiro atoms. The average Bonchev–Trinajstić information content (AvgIpc) is 3.11. The summed E-state index contributed by atoms with van der Waals surface area (Å²) in [5.41, 5.74) is 7.45. The molecule has 0 bridgehead atoms. The number of methoxy groups -OCH3 is 1. The van der Waals surface area contributed by atoms with Gasteiger partial charge >= 0.3 is 0 Å². The smallest absolute Gasteiger partial charge is 0.255 e. The molecular formula is C22H27ClN2O4S. The van der Waals surface area contributed by atoms with Gasteiger partial charge in [0, 0.05) is 24.0 Å². The Bertz CT molecular complexity index is 934. The van der Waals surface area contributed by atoms with E-state index in [0.29, 0.717) is 17.5 Å². The minimum absolute atomic E-state index is 0.175. The van der Waals surface area contributed by atoms with E-state index < -0.39 is 5.91 Å². The minimum atomic E-state index is -0.516. The van der Waals surface area contributed by atoms with Gasteiger partial charge < -0.3 is 19.9 Å². The van der Waals surface area contributed by atoms with E-state index >= 15 is 0 Å². The first-order valence-electron chi connectivity index (χ1n) is 10.1. The van der Waals surface area contributed by atoms with Crippen LogP contribution in [0.5, 0.6) is 11.5 Å². The normalized spacial score (nSPS) is 23.9. The standard InChI is InChI=1S/C22H27ClN2O4S/c1-14-11-22(21-16(5-8-29-22)10-19(23)30-21)6-7-25(14)12-15-3-4-17(27-2)18(9-15)28-13-20(24)26/h3-4,9-10,14H,5-8,11-13H2,1-2H3,(H2,24,26)/t14-,22+/m0/s1. The molecule has 2 aliphatic heterocycles. The zero-order valence-electron chi connectivity index (χ0n) is 17.3. The van der Waals surface area contributed by atoms with Crippen LogP contribution in [0.4, 0.5) is 0 Å². The molecule has 6 nitrogen and oxygen atoms in total. The Labute approximate surface area is 185 Å². The highest BCUT2D eigenvalue weighted by atomic mass is 35.5. The third-order valence-corrected chi connectivity index (χ3v) is 7.47. The Morgan fingerprint density at radius 3 is 2.97 bits per heavy atom. The zero-order chi connectivity index (χ0) is 21.3. The van der Waals surface area contributed by atoms with Gasteiger partial charge in [0.15, 0.2) is 18.1 Å². The van der Waals surface area contributed by atoms with Crippen LogP contribution in [0.2, 0.25) is 4.34 Å². The van der Waals surface area contributed by atoms with Crippen molar-refractivity contribution >= 4 is 28.8 Å². The number of primary amides is 1. The van der Waals surface area contributed by atoms with Gasteiger partial charge in [-0.2, -0.15) is 0 Å². The summed E-state index contributed by atoms with van der Waals surface area (Å²) in [6.45, 7) is 4.55. The van der Waals surface area contributed by atoms with Crippen molar-refractivity contribution in [1.82, 2.24) is 4.90 Å². The van der Waals surface area contributed by atoms with Gasteiger partial charge in [0.2, 0.25) is 0 Å². The molecule has 2 atom stereocenters. The number of likely N-dealkylation sites (tertiary alicyclic amines) is 1. The number of fused-ring (bicyclic) bond motifs is 2. The minimum Gasteiger partial charge on any atom is -0.493 e. The number of halogens is 1. The van der Waals surface area contributed by atoms with E-state index in [0.717, 1.165) is 48.9 Å². The highest BCUT2D eigenvalue weighted by molar-refractivity contribution is 7.16. The molecule has 1 fully saturated rings. The van der Waals surface area contributed by atoms with Crippen LogP contribution in [0.1, 0.15) is 35.8 Å². The number of hydrogen-bond acceptors (Lipinski definition) is 6. The van der Waals surface area contributed by atoms with E-state index in [-0.39, 0.29) is 12.2 Å². The van der Waals surface area contributed by atoms with Crippen LogP contribution in [0, 0.1) is 0 Å². The molecule has 0 aliphatic carbocycles. The number of nitrogens with zero attached hydrogens (tertiary/aromatic N) is 1. The number of hydrogen-bond donors (Lipinski definition) is 1. The van der Waals surface area contributed by atoms with Crippen molar-refractivity contribution < 1.29 is 19.0 Å². The molecule has 2 N–H and O–H groups in total. The van der Waals surface area contributed by atoms with Crippen molar-refractivity contribution in [3.63, 3.8) is 0 Å². The summed E-state index contributed by atoms with van der Waals surface area (Å²) in [4.78, 5) is 14.9. The first-order chi connectivity index (χ1) is 14.4. The van der Waals surface area contributed by atoms with Gasteiger partial charge in [0.05, 0.1) is 18.1 Å². The lowest BCUT2D eigenvalue weighted by molar-refractivity contribution is -0.119. The molecule has 0 unspecified atom stereocenters. The number of piperidine rings is 1. The van der Waals surface area contributed by atoms with E-state index in [1.807, 2.05) is 18.2 Å². The van der Waals surface area contributed by atoms with E-state index in [1.54, 1.807) is 18.4 Å². The number of carbonyl (C=O) groups is 1. The number of thiophene rings is 1. The van der Waals surface area contributed by atoms with Crippen LogP contribution in [0.15, 0.2) is 24.3 Å². The highest BCUT2D eigenvalue weighted by Gasteiger charge is 2.44. The van der Waals surface area contributed by atoms with Crippen LogP contribution in [0.25, 0.3) is 0 Å². The second kappa shape index (κ2) is 8.75. The highest BCUT2D eigenvalue weighted by Crippen LogP contribution is 2.48. The van der Waals surface area contributed by atoms with Crippen molar-refractivity contribution in [3.8, 4) is 11.5 Å². The van der Waals surface area contributed by atoms with Crippen LogP contribution < -0.4 is 15.2 Å². The molecule has 4 rings (SSSR count). The monoisotopic (exact) mass is 450 g/mol. The fourth-order valence-electron chi connectivity index (χ4n) is 4.53. The molecular weight excluding hydrogens is 424 g/mol. The number of nitrogens with two attached hydrogens (primary N) is 1. The predicted octanol–water partition coefficient (Wildman–Crippen LogP) is 3.73. The number of rotatable bonds is 6. The lowest BCUT2D eigenvalue weighted by Gasteiger charge is -2.47. The zero-order valence-corrected chi connectivity index (χ0v) is 18.9. The molecule has 30 heavy (non-hydrogen) atoms. The van der Waals surface area contributed by atoms with Gasteiger partial charge in [-0.15, -0.1) is 11.3 Å². The Hall–Kier alpha value is -1.80. The van der Waals surface area contributed by atoms with Gasteiger partial charge in [-0.3, -0.25) is 9.69 Å². The van der Waals surface area contributed by atoms with Gasteiger partial charge in [0.25, 0.3) is 5.91 Å². The van der Waals surface area contributed by atoms with Crippen LogP contribution >= 0.6 is 22.9 Å². The second-order valence-corrected chi connectivity index (χ2v) is 9.69. The molecule has 8 heteroatoms. The molecule has 1 saturated heterocycles. The van der Waals surface area contributed by atoms with Crippen molar-refractivity contribution in [1.29, 1.82) is 0 Å². The summed E-state index contributed by atoms with van der Waals surface area (Å²) in [5.74, 6) is 0.602. The number of carbonyl (C=O) groups excluding carboxylic acids is 1. The predicted molar refractivity (Wildman–Crippen MR) is 117 cm³/mol. The Morgan fingerprint density at radius 1 is 1.40 bits per heavy atom. The molecule has 1 amide bonds. The van der Waals surface area contributed by atoms with E-state index in [1.165, 1.54) is 10.4 Å². The molecule has 1 aromatic heterocycles.